The third kappa shape index (κ3) is 3.96. The van der Waals surface area contributed by atoms with Crippen molar-refractivity contribution in [1.82, 2.24) is 10.6 Å². The van der Waals surface area contributed by atoms with Crippen LogP contribution in [0.4, 0.5) is 0 Å². The summed E-state index contributed by atoms with van der Waals surface area (Å²) in [6.07, 6.45) is 1.64. The summed E-state index contributed by atoms with van der Waals surface area (Å²) in [7, 11) is -3.25. The molecule has 0 aliphatic carbocycles. The maximum Gasteiger partial charge on any atom is 0.205 e. The van der Waals surface area contributed by atoms with Gasteiger partial charge in [-0.05, 0) is 13.8 Å². The van der Waals surface area contributed by atoms with E-state index in [2.05, 4.69) is 15.6 Å². The van der Waals surface area contributed by atoms with Crippen LogP contribution >= 0.6 is 11.6 Å². The average molecular weight is 254 g/mol. The van der Waals surface area contributed by atoms with Gasteiger partial charge >= 0.3 is 0 Å². The van der Waals surface area contributed by atoms with Crippen LogP contribution in [0.1, 0.15) is 20.3 Å². The van der Waals surface area contributed by atoms with Gasteiger partial charge in [-0.15, -0.1) is 11.6 Å². The lowest BCUT2D eigenvalue weighted by molar-refractivity contribution is 0.529. The van der Waals surface area contributed by atoms with Gasteiger partial charge in [0.15, 0.2) is 9.84 Å². The number of nitrogens with zero attached hydrogens (tertiary/aromatic N) is 1. The Morgan fingerprint density at radius 3 is 2.67 bits per heavy atom. The van der Waals surface area contributed by atoms with Gasteiger partial charge in [-0.3, -0.25) is 5.32 Å². The van der Waals surface area contributed by atoms with E-state index < -0.39 is 20.8 Å². The molecule has 5 nitrogen and oxygen atoms in total. The molecule has 0 fully saturated rings. The fraction of sp³-hybridized carbons (Fsp3) is 0.875. The minimum atomic E-state index is -3.25. The molecule has 1 aliphatic rings. The summed E-state index contributed by atoms with van der Waals surface area (Å²) in [5, 5.41) is 5.78. The lowest BCUT2D eigenvalue weighted by atomic mass is 10.3. The predicted octanol–water partition coefficient (Wildman–Crippen LogP) is 0.269. The van der Waals surface area contributed by atoms with Crippen molar-refractivity contribution in [2.24, 2.45) is 4.99 Å². The Kier molecular flexibility index (Phi) is 3.97. The molecule has 7 heteroatoms. The van der Waals surface area contributed by atoms with Gasteiger partial charge in [0.05, 0.1) is 5.50 Å². The summed E-state index contributed by atoms with van der Waals surface area (Å²) in [4.78, 5) is 4.07. The monoisotopic (exact) mass is 253 g/mol. The molecule has 2 unspecified atom stereocenters. The minimum absolute atomic E-state index is 0.214. The van der Waals surface area contributed by atoms with Gasteiger partial charge < -0.3 is 5.32 Å². The zero-order chi connectivity index (χ0) is 11.6. The summed E-state index contributed by atoms with van der Waals surface area (Å²) in [6.45, 7) is 3.92. The van der Waals surface area contributed by atoms with Crippen LogP contribution in [0.3, 0.4) is 0 Å². The highest BCUT2D eigenvalue weighted by Crippen LogP contribution is 2.12. The lowest BCUT2D eigenvalue weighted by Gasteiger charge is -2.26. The molecule has 2 atom stereocenters. The Hall–Kier alpha value is -0.330. The average Bonchev–Trinajstić information content (AvgIpc) is 1.99. The molecule has 0 aromatic carbocycles. The Balaban J connectivity index is 2.84. The molecular weight excluding hydrogens is 238 g/mol. The summed E-state index contributed by atoms with van der Waals surface area (Å²) >= 11 is 5.90. The highest BCUT2D eigenvalue weighted by atomic mass is 35.5. The largest absolute Gasteiger partial charge is 0.371 e. The van der Waals surface area contributed by atoms with E-state index in [1.165, 1.54) is 0 Å². The van der Waals surface area contributed by atoms with Crippen molar-refractivity contribution >= 4 is 27.3 Å². The van der Waals surface area contributed by atoms with Crippen molar-refractivity contribution in [3.05, 3.63) is 0 Å². The number of nitrogens with one attached hydrogen (secondary N) is 2. The van der Waals surface area contributed by atoms with Gasteiger partial charge in [-0.1, -0.05) is 0 Å². The topological polar surface area (TPSA) is 70.6 Å². The van der Waals surface area contributed by atoms with Crippen LogP contribution in [-0.2, 0) is 9.84 Å². The number of rotatable bonds is 2. The second-order valence-corrected chi connectivity index (χ2v) is 6.53. The van der Waals surface area contributed by atoms with E-state index in [9.17, 15) is 8.42 Å². The number of hydrogen-bond acceptors (Lipinski definition) is 5. The smallest absolute Gasteiger partial charge is 0.205 e. The molecule has 0 saturated carbocycles. The van der Waals surface area contributed by atoms with Crippen molar-refractivity contribution < 1.29 is 8.42 Å². The Morgan fingerprint density at radius 1 is 1.60 bits per heavy atom. The van der Waals surface area contributed by atoms with Crippen molar-refractivity contribution in [2.75, 3.05) is 6.26 Å². The summed E-state index contributed by atoms with van der Waals surface area (Å²) in [5.41, 5.74) is -1.33. The second-order valence-electron chi connectivity index (χ2n) is 3.90. The quantitative estimate of drug-likeness (QED) is 0.548. The normalized spacial score (nSPS) is 27.7. The molecule has 88 valence electrons. The van der Waals surface area contributed by atoms with Crippen LogP contribution in [0, 0.1) is 0 Å². The first kappa shape index (κ1) is 12.7. The molecule has 0 saturated heterocycles. The van der Waals surface area contributed by atoms with Crippen molar-refractivity contribution in [3.63, 3.8) is 0 Å². The van der Waals surface area contributed by atoms with Crippen LogP contribution in [0.2, 0.25) is 0 Å². The molecule has 15 heavy (non-hydrogen) atoms. The van der Waals surface area contributed by atoms with Gasteiger partial charge in [0.2, 0.25) is 5.50 Å². The zero-order valence-corrected chi connectivity index (χ0v) is 10.6. The van der Waals surface area contributed by atoms with E-state index in [-0.39, 0.29) is 6.04 Å². The first-order valence-electron chi connectivity index (χ1n) is 4.71. The molecular formula is C8H16ClN3O2S. The van der Waals surface area contributed by atoms with Crippen molar-refractivity contribution in [2.45, 2.75) is 37.3 Å². The first-order chi connectivity index (χ1) is 6.79. The fourth-order valence-corrected chi connectivity index (χ4v) is 2.33. The van der Waals surface area contributed by atoms with Gasteiger partial charge in [0.25, 0.3) is 0 Å². The molecule has 0 bridgehead atoms. The van der Waals surface area contributed by atoms with Crippen LogP contribution in [0.25, 0.3) is 0 Å². The molecule has 0 amide bonds. The SMILES string of the molecule is CC(C)NC1=NC(S(C)(=O)=O)NC(Cl)C1. The van der Waals surface area contributed by atoms with E-state index in [0.717, 1.165) is 6.26 Å². The van der Waals surface area contributed by atoms with Crippen LogP contribution in [-0.4, -0.2) is 37.5 Å². The zero-order valence-electron chi connectivity index (χ0n) is 8.99. The number of sulfone groups is 1. The second kappa shape index (κ2) is 4.67. The van der Waals surface area contributed by atoms with Gasteiger partial charge in [0, 0.05) is 18.7 Å². The van der Waals surface area contributed by atoms with Crippen LogP contribution in [0.15, 0.2) is 4.99 Å². The number of halogens is 1. The molecule has 1 heterocycles. The maximum atomic E-state index is 11.3. The fourth-order valence-electron chi connectivity index (χ4n) is 1.26. The van der Waals surface area contributed by atoms with Crippen molar-refractivity contribution in [3.8, 4) is 0 Å². The van der Waals surface area contributed by atoms with Gasteiger partial charge in [0.1, 0.15) is 5.84 Å². The summed E-state index contributed by atoms with van der Waals surface area (Å²) < 4.78 is 22.6. The third-order valence-corrected chi connectivity index (χ3v) is 3.16. The lowest BCUT2D eigenvalue weighted by Crippen LogP contribution is -2.48. The molecule has 2 N–H and O–H groups in total. The maximum absolute atomic E-state index is 11.3. The minimum Gasteiger partial charge on any atom is -0.371 e. The number of amidine groups is 1. The first-order valence-corrected chi connectivity index (χ1v) is 7.10. The van der Waals surface area contributed by atoms with E-state index in [1.54, 1.807) is 0 Å². The van der Waals surface area contributed by atoms with Crippen LogP contribution in [0.5, 0.6) is 0 Å². The van der Waals surface area contributed by atoms with E-state index in [0.29, 0.717) is 12.3 Å². The highest BCUT2D eigenvalue weighted by Gasteiger charge is 2.28. The Morgan fingerprint density at radius 2 is 2.20 bits per heavy atom. The summed E-state index contributed by atoms with van der Waals surface area (Å²) in [5.74, 6) is 0.638. The molecule has 0 aromatic heterocycles. The Labute approximate surface area is 95.2 Å². The van der Waals surface area contributed by atoms with Gasteiger partial charge in [-0.25, -0.2) is 13.4 Å². The number of alkyl halides is 1. The molecule has 0 spiro atoms. The van der Waals surface area contributed by atoms with E-state index in [4.69, 9.17) is 11.6 Å². The highest BCUT2D eigenvalue weighted by molar-refractivity contribution is 7.91. The number of hydrogen-bond donors (Lipinski definition) is 2. The van der Waals surface area contributed by atoms with Crippen molar-refractivity contribution in [1.29, 1.82) is 0 Å². The molecule has 1 rings (SSSR count). The van der Waals surface area contributed by atoms with E-state index in [1.807, 2.05) is 13.8 Å². The van der Waals surface area contributed by atoms with E-state index >= 15 is 0 Å². The number of aliphatic imine (C=N–C) groups is 1. The molecule has 0 radical (unpaired) electrons. The standard InChI is InChI=1S/C8H16ClN3O2S/c1-5(2)10-7-4-6(9)11-8(12-7)15(3,13)14/h5-6,8,11H,4H2,1-3H3,(H,10,12). The Bertz CT molecular complexity index is 353. The van der Waals surface area contributed by atoms with Crippen LogP contribution < -0.4 is 10.6 Å². The summed E-state index contributed by atoms with van der Waals surface area (Å²) in [6, 6.07) is 0.214. The molecule has 0 aromatic rings. The van der Waals surface area contributed by atoms with Gasteiger partial charge in [-0.2, -0.15) is 0 Å². The third-order valence-electron chi connectivity index (χ3n) is 1.83. The molecule has 1 aliphatic heterocycles. The predicted molar refractivity (Wildman–Crippen MR) is 61.7 cm³/mol.